The monoisotopic (exact) mass is 266 g/mol. The minimum Gasteiger partial charge on any atom is -0.341 e. The number of anilines is 1. The van der Waals surface area contributed by atoms with Crippen LogP contribution in [0.15, 0.2) is 12.1 Å². The number of likely N-dealkylation sites (N-methyl/N-ethyl adjacent to an activating group) is 1. The fourth-order valence-electron chi connectivity index (χ4n) is 2.37. The molecule has 0 saturated carbocycles. The highest BCUT2D eigenvalue weighted by Gasteiger charge is 2.39. The molecule has 18 heavy (non-hydrogen) atoms. The molecule has 0 unspecified atom stereocenters. The first-order chi connectivity index (χ1) is 8.47. The first-order valence-corrected chi connectivity index (χ1v) is 6.22. The molecule has 1 aromatic carbocycles. The highest BCUT2D eigenvalue weighted by molar-refractivity contribution is 6.33. The lowest BCUT2D eigenvalue weighted by atomic mass is 10.0. The Balaban J connectivity index is 2.60. The van der Waals surface area contributed by atoms with Crippen molar-refractivity contribution in [2.24, 2.45) is 0 Å². The number of rotatable bonds is 2. The number of benzene rings is 1. The summed E-state index contributed by atoms with van der Waals surface area (Å²) in [7, 11) is 0. The molecule has 1 aliphatic heterocycles. The number of nitrogens with one attached hydrogen (secondary N) is 1. The van der Waals surface area contributed by atoms with E-state index in [2.05, 4.69) is 5.32 Å². The Labute approximate surface area is 111 Å². The molecule has 1 aromatic rings. The number of amides is 2. The molecule has 0 bridgehead atoms. The van der Waals surface area contributed by atoms with E-state index in [0.29, 0.717) is 17.1 Å². The van der Waals surface area contributed by atoms with E-state index in [1.807, 2.05) is 19.9 Å². The second-order valence-electron chi connectivity index (χ2n) is 4.34. The Kier molecular flexibility index (Phi) is 3.30. The molecule has 0 aliphatic carbocycles. The van der Waals surface area contributed by atoms with Gasteiger partial charge in [-0.15, -0.1) is 0 Å². The first kappa shape index (κ1) is 12.9. The van der Waals surface area contributed by atoms with E-state index in [9.17, 15) is 9.59 Å². The molecule has 96 valence electrons. The van der Waals surface area contributed by atoms with Gasteiger partial charge in [0.1, 0.15) is 6.04 Å². The largest absolute Gasteiger partial charge is 0.341 e. The van der Waals surface area contributed by atoms with Crippen LogP contribution in [0.2, 0.25) is 5.02 Å². The number of hydrogen-bond donors (Lipinski definition) is 1. The van der Waals surface area contributed by atoms with Gasteiger partial charge in [0.05, 0.1) is 5.69 Å². The molecule has 1 atom stereocenters. The second-order valence-corrected chi connectivity index (χ2v) is 4.75. The van der Waals surface area contributed by atoms with Crippen LogP contribution in [-0.4, -0.2) is 18.4 Å². The fourth-order valence-corrected chi connectivity index (χ4v) is 2.63. The predicted octanol–water partition coefficient (Wildman–Crippen LogP) is 2.19. The van der Waals surface area contributed by atoms with Gasteiger partial charge in [-0.3, -0.25) is 9.59 Å². The summed E-state index contributed by atoms with van der Waals surface area (Å²) in [5.74, 6) is -0.367. The predicted molar refractivity (Wildman–Crippen MR) is 70.8 cm³/mol. The topological polar surface area (TPSA) is 49.4 Å². The van der Waals surface area contributed by atoms with E-state index in [4.69, 9.17) is 11.6 Å². The van der Waals surface area contributed by atoms with E-state index in [1.165, 1.54) is 6.92 Å². The Morgan fingerprint density at radius 2 is 2.17 bits per heavy atom. The van der Waals surface area contributed by atoms with Crippen LogP contribution in [-0.2, 0) is 9.59 Å². The summed E-state index contributed by atoms with van der Waals surface area (Å²) in [6.45, 7) is 5.79. The van der Waals surface area contributed by atoms with Gasteiger partial charge in [-0.2, -0.15) is 0 Å². The maximum atomic E-state index is 12.3. The molecule has 0 fully saturated rings. The smallest absolute Gasteiger partial charge is 0.254 e. The lowest BCUT2D eigenvalue weighted by Gasteiger charge is -2.17. The molecule has 0 saturated heterocycles. The van der Waals surface area contributed by atoms with Crippen molar-refractivity contribution in [2.45, 2.75) is 26.8 Å². The Bertz CT molecular complexity index is 528. The number of nitrogens with zero attached hydrogens (tertiary/aromatic N) is 1. The minimum atomic E-state index is -0.662. The highest BCUT2D eigenvalue weighted by Crippen LogP contribution is 2.42. The average Bonchev–Trinajstić information content (AvgIpc) is 2.58. The Hall–Kier alpha value is -1.55. The SMILES string of the molecule is CCN1C(=O)[C@H](NC(C)=O)c2c(Cl)ccc(C)c21. The summed E-state index contributed by atoms with van der Waals surface area (Å²) >= 11 is 6.18. The fraction of sp³-hybridized carbons (Fsp3) is 0.385. The van der Waals surface area contributed by atoms with E-state index in [1.54, 1.807) is 11.0 Å². The van der Waals surface area contributed by atoms with Crippen LogP contribution in [0.25, 0.3) is 0 Å². The van der Waals surface area contributed by atoms with Crippen LogP contribution in [0.5, 0.6) is 0 Å². The summed E-state index contributed by atoms with van der Waals surface area (Å²) in [5, 5.41) is 3.18. The summed E-state index contributed by atoms with van der Waals surface area (Å²) < 4.78 is 0. The van der Waals surface area contributed by atoms with Gasteiger partial charge in [0.15, 0.2) is 0 Å². The van der Waals surface area contributed by atoms with Gasteiger partial charge >= 0.3 is 0 Å². The van der Waals surface area contributed by atoms with Crippen molar-refractivity contribution in [3.05, 3.63) is 28.3 Å². The van der Waals surface area contributed by atoms with Crippen LogP contribution in [0.3, 0.4) is 0 Å². The third-order valence-corrected chi connectivity index (χ3v) is 3.43. The van der Waals surface area contributed by atoms with Gasteiger partial charge in [0, 0.05) is 24.1 Å². The number of carbonyl (C=O) groups excluding carboxylic acids is 2. The van der Waals surface area contributed by atoms with Gasteiger partial charge in [-0.25, -0.2) is 0 Å². The van der Waals surface area contributed by atoms with Crippen molar-refractivity contribution in [1.29, 1.82) is 0 Å². The van der Waals surface area contributed by atoms with E-state index < -0.39 is 6.04 Å². The van der Waals surface area contributed by atoms with Crippen molar-refractivity contribution in [2.75, 3.05) is 11.4 Å². The van der Waals surface area contributed by atoms with Crippen LogP contribution in [0.4, 0.5) is 5.69 Å². The van der Waals surface area contributed by atoms with Crippen molar-refractivity contribution < 1.29 is 9.59 Å². The number of aryl methyl sites for hydroxylation is 1. The zero-order chi connectivity index (χ0) is 13.4. The summed E-state index contributed by atoms with van der Waals surface area (Å²) in [5.41, 5.74) is 2.52. The molecule has 0 aromatic heterocycles. The molecular weight excluding hydrogens is 252 g/mol. The Morgan fingerprint density at radius 3 is 2.72 bits per heavy atom. The Morgan fingerprint density at radius 1 is 1.50 bits per heavy atom. The van der Waals surface area contributed by atoms with Crippen molar-refractivity contribution in [3.63, 3.8) is 0 Å². The normalized spacial score (nSPS) is 17.9. The molecule has 5 heteroatoms. The summed E-state index contributed by atoms with van der Waals surface area (Å²) in [6, 6.07) is 2.98. The lowest BCUT2D eigenvalue weighted by Crippen LogP contribution is -2.36. The zero-order valence-electron chi connectivity index (χ0n) is 10.6. The van der Waals surface area contributed by atoms with Crippen LogP contribution in [0.1, 0.15) is 31.0 Å². The summed E-state index contributed by atoms with van der Waals surface area (Å²) in [4.78, 5) is 25.2. The molecule has 0 radical (unpaired) electrons. The van der Waals surface area contributed by atoms with E-state index in [0.717, 1.165) is 11.3 Å². The molecule has 0 spiro atoms. The second kappa shape index (κ2) is 4.61. The first-order valence-electron chi connectivity index (χ1n) is 5.84. The third kappa shape index (κ3) is 1.86. The maximum Gasteiger partial charge on any atom is 0.254 e. The standard InChI is InChI=1S/C13H15ClN2O2/c1-4-16-12-7(2)5-6-9(14)10(12)11(13(16)18)15-8(3)17/h5-6,11H,4H2,1-3H3,(H,15,17)/t11-/m1/s1. The van der Waals surface area contributed by atoms with Gasteiger partial charge in [0.2, 0.25) is 5.91 Å². The molecule has 2 rings (SSSR count). The van der Waals surface area contributed by atoms with Crippen molar-refractivity contribution in [3.8, 4) is 0 Å². The van der Waals surface area contributed by atoms with Crippen molar-refractivity contribution in [1.82, 2.24) is 5.32 Å². The van der Waals surface area contributed by atoms with Crippen molar-refractivity contribution >= 4 is 29.1 Å². The number of hydrogen-bond acceptors (Lipinski definition) is 2. The van der Waals surface area contributed by atoms with Gasteiger partial charge in [0.25, 0.3) is 5.91 Å². The maximum absolute atomic E-state index is 12.3. The van der Waals surface area contributed by atoms with Crippen LogP contribution < -0.4 is 10.2 Å². The molecule has 2 amide bonds. The van der Waals surface area contributed by atoms with Crippen LogP contribution >= 0.6 is 11.6 Å². The van der Waals surface area contributed by atoms with Gasteiger partial charge < -0.3 is 10.2 Å². The minimum absolute atomic E-state index is 0.126. The highest BCUT2D eigenvalue weighted by atomic mass is 35.5. The number of halogens is 1. The summed E-state index contributed by atoms with van der Waals surface area (Å²) in [6.07, 6.45) is 0. The van der Waals surface area contributed by atoms with E-state index in [-0.39, 0.29) is 11.8 Å². The quantitative estimate of drug-likeness (QED) is 0.892. The molecule has 4 nitrogen and oxygen atoms in total. The lowest BCUT2D eigenvalue weighted by molar-refractivity contribution is -0.126. The molecule has 1 aliphatic rings. The third-order valence-electron chi connectivity index (χ3n) is 3.10. The van der Waals surface area contributed by atoms with Gasteiger partial charge in [-0.1, -0.05) is 17.7 Å². The van der Waals surface area contributed by atoms with Gasteiger partial charge in [-0.05, 0) is 25.5 Å². The average molecular weight is 267 g/mol. The van der Waals surface area contributed by atoms with Crippen LogP contribution in [0, 0.1) is 6.92 Å². The zero-order valence-corrected chi connectivity index (χ0v) is 11.3. The number of fused-ring (bicyclic) bond motifs is 1. The molecule has 1 heterocycles. The molecular formula is C13H15ClN2O2. The number of carbonyl (C=O) groups is 2. The molecule has 1 N–H and O–H groups in total. The van der Waals surface area contributed by atoms with E-state index >= 15 is 0 Å².